The zero-order valence-corrected chi connectivity index (χ0v) is 9.44. The number of nitrogens with zero attached hydrogens (tertiary/aromatic N) is 1. The average Bonchev–Trinajstić information content (AvgIpc) is 2.73. The van der Waals surface area contributed by atoms with Crippen LogP contribution in [0.4, 0.5) is 0 Å². The molecule has 1 aliphatic rings. The predicted octanol–water partition coefficient (Wildman–Crippen LogP) is -0.402. The summed E-state index contributed by atoms with van der Waals surface area (Å²) in [4.78, 5) is 13.5. The van der Waals surface area contributed by atoms with E-state index in [-0.39, 0.29) is 18.1 Å². The Morgan fingerprint density at radius 1 is 1.60 bits per heavy atom. The number of hydrogen-bond donors (Lipinski definition) is 1. The Bertz CT molecular complexity index is 211. The molecule has 0 aliphatic carbocycles. The van der Waals surface area contributed by atoms with Crippen molar-refractivity contribution in [1.82, 2.24) is 4.90 Å². The van der Waals surface area contributed by atoms with Gasteiger partial charge >= 0.3 is 0 Å². The van der Waals surface area contributed by atoms with Gasteiger partial charge in [0.05, 0.1) is 12.7 Å². The highest BCUT2D eigenvalue weighted by atomic mass is 16.5. The van der Waals surface area contributed by atoms with Gasteiger partial charge in [0.1, 0.15) is 6.10 Å². The quantitative estimate of drug-likeness (QED) is 0.679. The second-order valence-corrected chi connectivity index (χ2v) is 3.81. The van der Waals surface area contributed by atoms with E-state index >= 15 is 0 Å². The van der Waals surface area contributed by atoms with Gasteiger partial charge in [-0.15, -0.1) is 0 Å². The predicted molar refractivity (Wildman–Crippen MR) is 56.5 cm³/mol. The molecule has 0 aromatic heterocycles. The first-order valence-corrected chi connectivity index (χ1v) is 5.28. The van der Waals surface area contributed by atoms with Crippen LogP contribution in [0.25, 0.3) is 0 Å². The van der Waals surface area contributed by atoms with E-state index in [0.717, 1.165) is 12.8 Å². The van der Waals surface area contributed by atoms with E-state index in [9.17, 15) is 4.79 Å². The van der Waals surface area contributed by atoms with E-state index in [1.54, 1.807) is 19.1 Å². The van der Waals surface area contributed by atoms with Crippen molar-refractivity contribution in [2.24, 2.45) is 5.73 Å². The van der Waals surface area contributed by atoms with Crippen molar-refractivity contribution in [3.8, 4) is 0 Å². The molecule has 1 aliphatic heterocycles. The van der Waals surface area contributed by atoms with Crippen molar-refractivity contribution in [2.75, 3.05) is 33.9 Å². The normalized spacial score (nSPS) is 25.5. The second-order valence-electron chi connectivity index (χ2n) is 3.81. The number of ether oxygens (including phenoxy) is 2. The van der Waals surface area contributed by atoms with Gasteiger partial charge in [0.25, 0.3) is 5.91 Å². The summed E-state index contributed by atoms with van der Waals surface area (Å²) in [6.45, 7) is 1.64. The molecule has 1 amide bonds. The van der Waals surface area contributed by atoms with Crippen molar-refractivity contribution in [2.45, 2.75) is 25.0 Å². The molecule has 15 heavy (non-hydrogen) atoms. The van der Waals surface area contributed by atoms with Crippen LogP contribution in [0.1, 0.15) is 12.8 Å². The molecule has 0 unspecified atom stereocenters. The minimum atomic E-state index is -0.305. The SMILES string of the molecule is COCCN(C)C(=O)[C@@H]1CC[C@H](CN)O1. The summed E-state index contributed by atoms with van der Waals surface area (Å²) >= 11 is 0. The van der Waals surface area contributed by atoms with E-state index in [4.69, 9.17) is 15.2 Å². The third-order valence-corrected chi connectivity index (χ3v) is 2.65. The maximum absolute atomic E-state index is 11.8. The van der Waals surface area contributed by atoms with Gasteiger partial charge in [-0.05, 0) is 12.8 Å². The lowest BCUT2D eigenvalue weighted by Crippen LogP contribution is -2.38. The smallest absolute Gasteiger partial charge is 0.251 e. The van der Waals surface area contributed by atoms with Gasteiger partial charge in [0, 0.05) is 27.2 Å². The largest absolute Gasteiger partial charge is 0.383 e. The van der Waals surface area contributed by atoms with E-state index in [0.29, 0.717) is 19.7 Å². The first-order chi connectivity index (χ1) is 7.19. The first kappa shape index (κ1) is 12.4. The summed E-state index contributed by atoms with van der Waals surface area (Å²) in [7, 11) is 3.38. The van der Waals surface area contributed by atoms with Crippen LogP contribution in [-0.2, 0) is 14.3 Å². The maximum Gasteiger partial charge on any atom is 0.251 e. The summed E-state index contributed by atoms with van der Waals surface area (Å²) in [6, 6.07) is 0. The molecule has 5 heteroatoms. The minimum Gasteiger partial charge on any atom is -0.383 e. The molecule has 2 N–H and O–H groups in total. The molecule has 0 aromatic carbocycles. The highest BCUT2D eigenvalue weighted by Crippen LogP contribution is 2.20. The number of methoxy groups -OCH3 is 1. The fourth-order valence-electron chi connectivity index (χ4n) is 1.64. The third-order valence-electron chi connectivity index (χ3n) is 2.65. The van der Waals surface area contributed by atoms with E-state index < -0.39 is 0 Å². The molecule has 0 radical (unpaired) electrons. The molecular formula is C10H20N2O3. The summed E-state index contributed by atoms with van der Waals surface area (Å²) < 4.78 is 10.4. The van der Waals surface area contributed by atoms with E-state index in [1.165, 1.54) is 0 Å². The molecule has 0 saturated carbocycles. The lowest BCUT2D eigenvalue weighted by Gasteiger charge is -2.20. The van der Waals surface area contributed by atoms with Crippen molar-refractivity contribution < 1.29 is 14.3 Å². The Labute approximate surface area is 90.5 Å². The van der Waals surface area contributed by atoms with Crippen LogP contribution < -0.4 is 5.73 Å². The molecule has 88 valence electrons. The molecule has 2 atom stereocenters. The van der Waals surface area contributed by atoms with Crippen LogP contribution in [0.5, 0.6) is 0 Å². The molecule has 1 rings (SSSR count). The molecule has 5 nitrogen and oxygen atoms in total. The monoisotopic (exact) mass is 216 g/mol. The van der Waals surface area contributed by atoms with Crippen molar-refractivity contribution in [3.05, 3.63) is 0 Å². The summed E-state index contributed by atoms with van der Waals surface area (Å²) in [6.07, 6.45) is 1.40. The third kappa shape index (κ3) is 3.44. The van der Waals surface area contributed by atoms with Crippen LogP contribution in [0.3, 0.4) is 0 Å². The number of rotatable bonds is 5. The molecule has 0 spiro atoms. The van der Waals surface area contributed by atoms with E-state index in [2.05, 4.69) is 0 Å². The van der Waals surface area contributed by atoms with Crippen LogP contribution in [-0.4, -0.2) is 56.9 Å². The molecule has 1 fully saturated rings. The maximum atomic E-state index is 11.8. The summed E-state index contributed by atoms with van der Waals surface area (Å²) in [5, 5.41) is 0. The van der Waals surface area contributed by atoms with Gasteiger partial charge in [0.2, 0.25) is 0 Å². The van der Waals surface area contributed by atoms with Gasteiger partial charge in [0.15, 0.2) is 0 Å². The second kappa shape index (κ2) is 6.05. The zero-order valence-electron chi connectivity index (χ0n) is 9.44. The number of hydrogen-bond acceptors (Lipinski definition) is 4. The number of carbonyl (C=O) groups excluding carboxylic acids is 1. The Hall–Kier alpha value is -0.650. The number of carbonyl (C=O) groups is 1. The molecule has 1 heterocycles. The van der Waals surface area contributed by atoms with Gasteiger partial charge in [-0.3, -0.25) is 4.79 Å². The molecule has 1 saturated heterocycles. The van der Waals surface area contributed by atoms with Crippen molar-refractivity contribution >= 4 is 5.91 Å². The Morgan fingerprint density at radius 2 is 2.33 bits per heavy atom. The summed E-state index contributed by atoms with van der Waals surface area (Å²) in [5.41, 5.74) is 5.48. The standard InChI is InChI=1S/C10H20N2O3/c1-12(5-6-14-2)10(13)9-4-3-8(7-11)15-9/h8-9H,3-7,11H2,1-2H3/t8-,9+/m1/s1. The Morgan fingerprint density at radius 3 is 2.87 bits per heavy atom. The molecular weight excluding hydrogens is 196 g/mol. The number of amides is 1. The topological polar surface area (TPSA) is 64.8 Å². The first-order valence-electron chi connectivity index (χ1n) is 5.28. The Kier molecular flexibility index (Phi) is 5.01. The van der Waals surface area contributed by atoms with Crippen LogP contribution in [0.15, 0.2) is 0 Å². The summed E-state index contributed by atoms with van der Waals surface area (Å²) in [5.74, 6) is 0.0306. The van der Waals surface area contributed by atoms with Gasteiger partial charge in [-0.2, -0.15) is 0 Å². The Balaban J connectivity index is 2.33. The number of likely N-dealkylation sites (N-methyl/N-ethyl adjacent to an activating group) is 1. The zero-order chi connectivity index (χ0) is 11.3. The van der Waals surface area contributed by atoms with Crippen LogP contribution in [0.2, 0.25) is 0 Å². The van der Waals surface area contributed by atoms with Crippen LogP contribution >= 0.6 is 0 Å². The lowest BCUT2D eigenvalue weighted by atomic mass is 10.2. The van der Waals surface area contributed by atoms with Crippen LogP contribution in [0, 0.1) is 0 Å². The lowest BCUT2D eigenvalue weighted by molar-refractivity contribution is -0.141. The van der Waals surface area contributed by atoms with Gasteiger partial charge in [-0.25, -0.2) is 0 Å². The minimum absolute atomic E-state index is 0.0306. The molecule has 0 aromatic rings. The fourth-order valence-corrected chi connectivity index (χ4v) is 1.64. The van der Waals surface area contributed by atoms with E-state index in [1.807, 2.05) is 0 Å². The highest BCUT2D eigenvalue weighted by molar-refractivity contribution is 5.80. The van der Waals surface area contributed by atoms with Crippen molar-refractivity contribution in [3.63, 3.8) is 0 Å². The average molecular weight is 216 g/mol. The number of nitrogens with two attached hydrogens (primary N) is 1. The van der Waals surface area contributed by atoms with Crippen molar-refractivity contribution in [1.29, 1.82) is 0 Å². The fraction of sp³-hybridized carbons (Fsp3) is 0.900. The van der Waals surface area contributed by atoms with Gasteiger partial charge in [-0.1, -0.05) is 0 Å². The molecule has 0 bridgehead atoms. The highest BCUT2D eigenvalue weighted by Gasteiger charge is 2.31. The van der Waals surface area contributed by atoms with Gasteiger partial charge < -0.3 is 20.1 Å².